The van der Waals surface area contributed by atoms with Crippen LogP contribution in [-0.4, -0.2) is 12.4 Å². The standard InChI is InChI=1S/C10H10BrClFN/c11-8-4-3-5-9(13)10(8)14-7-2-1-6-12/h1-5,14H,6-7H2/b2-1+. The molecule has 76 valence electrons. The third kappa shape index (κ3) is 3.31. The van der Waals surface area contributed by atoms with Gasteiger partial charge in [0.25, 0.3) is 0 Å². The van der Waals surface area contributed by atoms with E-state index in [1.165, 1.54) is 6.07 Å². The van der Waals surface area contributed by atoms with E-state index in [4.69, 9.17) is 11.6 Å². The first-order valence-corrected chi connectivity index (χ1v) is 5.47. The molecule has 0 aliphatic heterocycles. The van der Waals surface area contributed by atoms with E-state index >= 15 is 0 Å². The van der Waals surface area contributed by atoms with Gasteiger partial charge in [0.15, 0.2) is 0 Å². The van der Waals surface area contributed by atoms with Crippen LogP contribution >= 0.6 is 27.5 Å². The smallest absolute Gasteiger partial charge is 0.147 e. The highest BCUT2D eigenvalue weighted by Crippen LogP contribution is 2.24. The Morgan fingerprint density at radius 1 is 1.43 bits per heavy atom. The van der Waals surface area contributed by atoms with Crippen molar-refractivity contribution in [3.63, 3.8) is 0 Å². The van der Waals surface area contributed by atoms with Gasteiger partial charge in [-0.05, 0) is 28.1 Å². The van der Waals surface area contributed by atoms with E-state index in [9.17, 15) is 4.39 Å². The van der Waals surface area contributed by atoms with Crippen LogP contribution < -0.4 is 5.32 Å². The van der Waals surface area contributed by atoms with Crippen molar-refractivity contribution in [2.75, 3.05) is 17.7 Å². The third-order valence-electron chi connectivity index (χ3n) is 1.62. The lowest BCUT2D eigenvalue weighted by molar-refractivity contribution is 0.630. The number of nitrogens with one attached hydrogen (secondary N) is 1. The monoisotopic (exact) mass is 277 g/mol. The van der Waals surface area contributed by atoms with Crippen molar-refractivity contribution in [2.24, 2.45) is 0 Å². The van der Waals surface area contributed by atoms with Gasteiger partial charge in [-0.2, -0.15) is 0 Å². The Bertz CT molecular complexity index is 308. The van der Waals surface area contributed by atoms with Gasteiger partial charge in [0.2, 0.25) is 0 Å². The van der Waals surface area contributed by atoms with Crippen molar-refractivity contribution in [3.8, 4) is 0 Å². The Morgan fingerprint density at radius 3 is 2.86 bits per heavy atom. The summed E-state index contributed by atoms with van der Waals surface area (Å²) in [5.74, 6) is 0.207. The van der Waals surface area contributed by atoms with Crippen molar-refractivity contribution in [1.82, 2.24) is 0 Å². The largest absolute Gasteiger partial charge is 0.378 e. The second kappa shape index (κ2) is 6.04. The number of hydrogen-bond donors (Lipinski definition) is 1. The Kier molecular flexibility index (Phi) is 4.98. The molecule has 0 aliphatic carbocycles. The van der Waals surface area contributed by atoms with E-state index in [2.05, 4.69) is 21.2 Å². The van der Waals surface area contributed by atoms with Gasteiger partial charge in [-0.3, -0.25) is 0 Å². The zero-order valence-electron chi connectivity index (χ0n) is 7.43. The summed E-state index contributed by atoms with van der Waals surface area (Å²) in [6.45, 7) is 0.562. The normalized spacial score (nSPS) is 10.8. The molecule has 1 aromatic carbocycles. The first-order chi connectivity index (χ1) is 6.75. The lowest BCUT2D eigenvalue weighted by Crippen LogP contribution is -2.01. The second-order valence-electron chi connectivity index (χ2n) is 2.60. The summed E-state index contributed by atoms with van der Waals surface area (Å²) in [4.78, 5) is 0. The maximum atomic E-state index is 13.2. The number of para-hydroxylation sites is 1. The van der Waals surface area contributed by atoms with Crippen LogP contribution in [0.2, 0.25) is 0 Å². The van der Waals surface area contributed by atoms with Crippen LogP contribution in [0.3, 0.4) is 0 Å². The molecular weight excluding hydrogens is 268 g/mol. The zero-order valence-corrected chi connectivity index (χ0v) is 9.78. The van der Waals surface area contributed by atoms with Gasteiger partial charge in [-0.1, -0.05) is 18.2 Å². The summed E-state index contributed by atoms with van der Waals surface area (Å²) in [5.41, 5.74) is 0.478. The molecule has 0 aliphatic rings. The van der Waals surface area contributed by atoms with E-state index in [-0.39, 0.29) is 5.82 Å². The molecule has 0 amide bonds. The number of benzene rings is 1. The van der Waals surface area contributed by atoms with E-state index in [1.807, 2.05) is 12.2 Å². The van der Waals surface area contributed by atoms with E-state index in [0.717, 1.165) is 4.47 Å². The molecule has 0 spiro atoms. The van der Waals surface area contributed by atoms with Gasteiger partial charge < -0.3 is 5.32 Å². The topological polar surface area (TPSA) is 12.0 Å². The Hall–Kier alpha value is -0.540. The SMILES string of the molecule is Fc1cccc(Br)c1NC/C=C/CCl. The highest BCUT2D eigenvalue weighted by Gasteiger charge is 2.03. The van der Waals surface area contributed by atoms with Crippen molar-refractivity contribution in [1.29, 1.82) is 0 Å². The predicted molar refractivity (Wildman–Crippen MR) is 62.4 cm³/mol. The minimum Gasteiger partial charge on any atom is -0.378 e. The fraction of sp³-hybridized carbons (Fsp3) is 0.200. The van der Waals surface area contributed by atoms with Gasteiger partial charge in [0.1, 0.15) is 5.82 Å². The average Bonchev–Trinajstić information content (AvgIpc) is 2.16. The Labute approximate surface area is 96.1 Å². The highest BCUT2D eigenvalue weighted by molar-refractivity contribution is 9.10. The van der Waals surface area contributed by atoms with Gasteiger partial charge in [-0.25, -0.2) is 4.39 Å². The molecule has 1 nitrogen and oxygen atoms in total. The van der Waals surface area contributed by atoms with Crippen molar-refractivity contribution in [2.45, 2.75) is 0 Å². The van der Waals surface area contributed by atoms with Gasteiger partial charge in [-0.15, -0.1) is 11.6 Å². The van der Waals surface area contributed by atoms with E-state index in [1.54, 1.807) is 12.1 Å². The highest BCUT2D eigenvalue weighted by atomic mass is 79.9. The van der Waals surface area contributed by atoms with Crippen molar-refractivity contribution >= 4 is 33.2 Å². The summed E-state index contributed by atoms with van der Waals surface area (Å²) in [5, 5.41) is 2.95. The van der Waals surface area contributed by atoms with Crippen LogP contribution in [0.1, 0.15) is 0 Å². The zero-order chi connectivity index (χ0) is 10.4. The molecule has 1 N–H and O–H groups in total. The summed E-state index contributed by atoms with van der Waals surface area (Å²) in [6, 6.07) is 4.86. The lowest BCUT2D eigenvalue weighted by Gasteiger charge is -2.06. The molecular formula is C10H10BrClFN. The van der Waals surface area contributed by atoms with Crippen LogP contribution in [0.5, 0.6) is 0 Å². The molecule has 0 saturated heterocycles. The maximum absolute atomic E-state index is 13.2. The van der Waals surface area contributed by atoms with Crippen LogP contribution in [-0.2, 0) is 0 Å². The minimum atomic E-state index is -0.265. The van der Waals surface area contributed by atoms with E-state index < -0.39 is 0 Å². The number of allylic oxidation sites excluding steroid dienone is 1. The van der Waals surface area contributed by atoms with Gasteiger partial charge in [0.05, 0.1) is 5.69 Å². The molecule has 14 heavy (non-hydrogen) atoms. The summed E-state index contributed by atoms with van der Waals surface area (Å²) in [6.07, 6.45) is 3.66. The first kappa shape index (κ1) is 11.5. The number of halogens is 3. The fourth-order valence-electron chi connectivity index (χ4n) is 0.974. The minimum absolute atomic E-state index is 0.265. The Balaban J connectivity index is 2.62. The van der Waals surface area contributed by atoms with Gasteiger partial charge in [0, 0.05) is 16.9 Å². The van der Waals surface area contributed by atoms with Gasteiger partial charge >= 0.3 is 0 Å². The molecule has 0 unspecified atom stereocenters. The molecule has 4 heteroatoms. The quantitative estimate of drug-likeness (QED) is 0.652. The number of alkyl halides is 1. The molecule has 1 aromatic rings. The van der Waals surface area contributed by atoms with E-state index in [0.29, 0.717) is 18.1 Å². The molecule has 0 fully saturated rings. The lowest BCUT2D eigenvalue weighted by atomic mass is 10.3. The number of rotatable bonds is 4. The molecule has 0 bridgehead atoms. The molecule has 1 rings (SSSR count). The molecule has 0 radical (unpaired) electrons. The number of hydrogen-bond acceptors (Lipinski definition) is 1. The predicted octanol–water partition coefficient (Wildman–Crippen LogP) is 3.80. The van der Waals surface area contributed by atoms with Crippen molar-refractivity contribution in [3.05, 3.63) is 40.6 Å². The molecule has 0 atom stereocenters. The Morgan fingerprint density at radius 2 is 2.21 bits per heavy atom. The van der Waals surface area contributed by atoms with Crippen LogP contribution in [0.4, 0.5) is 10.1 Å². The fourth-order valence-corrected chi connectivity index (χ4v) is 1.58. The molecule has 0 aromatic heterocycles. The molecule has 0 saturated carbocycles. The maximum Gasteiger partial charge on any atom is 0.147 e. The summed E-state index contributed by atoms with van der Waals surface area (Å²) >= 11 is 8.71. The first-order valence-electron chi connectivity index (χ1n) is 4.14. The third-order valence-corrected chi connectivity index (χ3v) is 2.45. The number of anilines is 1. The van der Waals surface area contributed by atoms with Crippen LogP contribution in [0.15, 0.2) is 34.8 Å². The summed E-state index contributed by atoms with van der Waals surface area (Å²) in [7, 11) is 0. The van der Waals surface area contributed by atoms with Crippen molar-refractivity contribution < 1.29 is 4.39 Å². The van der Waals surface area contributed by atoms with Crippen LogP contribution in [0, 0.1) is 5.82 Å². The molecule has 0 heterocycles. The summed E-state index contributed by atoms with van der Waals surface area (Å²) < 4.78 is 13.9. The second-order valence-corrected chi connectivity index (χ2v) is 3.77. The average molecular weight is 279 g/mol. The van der Waals surface area contributed by atoms with Crippen LogP contribution in [0.25, 0.3) is 0 Å².